The van der Waals surface area contributed by atoms with Crippen LogP contribution < -0.4 is 0 Å². The highest BCUT2D eigenvalue weighted by Gasteiger charge is 2.23. The van der Waals surface area contributed by atoms with Crippen molar-refractivity contribution in [2.75, 3.05) is 0 Å². The lowest BCUT2D eigenvalue weighted by Crippen LogP contribution is -2.15. The van der Waals surface area contributed by atoms with Crippen molar-refractivity contribution in [3.8, 4) is 11.3 Å². The Bertz CT molecular complexity index is 621. The Hall–Kier alpha value is -1.55. The molecule has 0 saturated heterocycles. The van der Waals surface area contributed by atoms with Gasteiger partial charge in [-0.25, -0.2) is 15.0 Å². The van der Waals surface area contributed by atoms with Gasteiger partial charge < -0.3 is 0 Å². The molecular formula is C14H15ClFN3. The van der Waals surface area contributed by atoms with Crippen molar-refractivity contribution in [1.82, 2.24) is 15.0 Å². The van der Waals surface area contributed by atoms with Gasteiger partial charge >= 0.3 is 0 Å². The molecule has 0 aliphatic heterocycles. The third kappa shape index (κ3) is 2.89. The molecule has 0 bridgehead atoms. The van der Waals surface area contributed by atoms with Crippen LogP contribution in [0.1, 0.15) is 31.9 Å². The van der Waals surface area contributed by atoms with Gasteiger partial charge in [-0.1, -0.05) is 20.8 Å². The second-order valence-electron chi connectivity index (χ2n) is 5.50. The van der Waals surface area contributed by atoms with Crippen LogP contribution in [-0.4, -0.2) is 15.0 Å². The first-order valence-electron chi connectivity index (χ1n) is 5.94. The molecular weight excluding hydrogens is 265 g/mol. The van der Waals surface area contributed by atoms with Crippen LogP contribution in [0.25, 0.3) is 11.3 Å². The fraction of sp³-hybridized carbons (Fsp3) is 0.357. The van der Waals surface area contributed by atoms with E-state index in [9.17, 15) is 4.39 Å². The van der Waals surface area contributed by atoms with Gasteiger partial charge in [-0.15, -0.1) is 0 Å². The summed E-state index contributed by atoms with van der Waals surface area (Å²) in [6.07, 6.45) is 3.13. The Morgan fingerprint density at radius 1 is 1.16 bits per heavy atom. The molecule has 0 saturated carbocycles. The van der Waals surface area contributed by atoms with Crippen LogP contribution in [0, 0.1) is 12.9 Å². The average molecular weight is 280 g/mol. The van der Waals surface area contributed by atoms with Crippen molar-refractivity contribution in [3.05, 3.63) is 40.8 Å². The van der Waals surface area contributed by atoms with Crippen LogP contribution >= 0.6 is 11.6 Å². The molecule has 0 atom stereocenters. The summed E-state index contributed by atoms with van der Waals surface area (Å²) in [6.45, 7) is 7.91. The second-order valence-corrected chi connectivity index (χ2v) is 5.84. The second kappa shape index (κ2) is 4.85. The average Bonchev–Trinajstić information content (AvgIpc) is 2.30. The number of aromatic nitrogens is 3. The first kappa shape index (κ1) is 13.9. The molecule has 0 unspecified atom stereocenters. The number of nitrogens with zero attached hydrogens (tertiary/aromatic N) is 3. The van der Waals surface area contributed by atoms with E-state index in [-0.39, 0.29) is 10.7 Å². The highest BCUT2D eigenvalue weighted by molar-refractivity contribution is 6.28. The Morgan fingerprint density at radius 3 is 2.47 bits per heavy atom. The van der Waals surface area contributed by atoms with Gasteiger partial charge in [0.15, 0.2) is 0 Å². The summed E-state index contributed by atoms with van der Waals surface area (Å²) < 4.78 is 13.9. The molecule has 2 aromatic rings. The molecule has 3 nitrogen and oxygen atoms in total. The van der Waals surface area contributed by atoms with Gasteiger partial charge in [0.2, 0.25) is 11.2 Å². The van der Waals surface area contributed by atoms with E-state index in [1.807, 2.05) is 27.7 Å². The standard InChI is InChI=1S/C14H15ClFN3/c1-8-5-9(12(16)17-6-8)11-10(14(2,3)4)7-18-13(15)19-11/h5-7H,1-4H3. The summed E-state index contributed by atoms with van der Waals surface area (Å²) in [5.74, 6) is -0.550. The quantitative estimate of drug-likeness (QED) is 0.586. The maximum atomic E-state index is 13.9. The third-order valence-electron chi connectivity index (χ3n) is 2.80. The first-order chi connectivity index (χ1) is 8.79. The maximum Gasteiger partial charge on any atom is 0.222 e. The monoisotopic (exact) mass is 279 g/mol. The molecule has 0 radical (unpaired) electrons. The lowest BCUT2D eigenvalue weighted by atomic mass is 9.85. The predicted octanol–water partition coefficient (Wildman–Crippen LogP) is 3.94. The van der Waals surface area contributed by atoms with Crippen LogP contribution in [0.15, 0.2) is 18.5 Å². The molecule has 5 heteroatoms. The van der Waals surface area contributed by atoms with Crippen molar-refractivity contribution < 1.29 is 4.39 Å². The zero-order chi connectivity index (χ0) is 14.2. The highest BCUT2D eigenvalue weighted by Crippen LogP contribution is 2.32. The minimum atomic E-state index is -0.550. The molecule has 0 aliphatic carbocycles. The minimum absolute atomic E-state index is 0.101. The normalized spacial score (nSPS) is 11.7. The fourth-order valence-corrected chi connectivity index (χ4v) is 1.97. The van der Waals surface area contributed by atoms with Crippen molar-refractivity contribution in [1.29, 1.82) is 0 Å². The van der Waals surface area contributed by atoms with E-state index in [1.165, 1.54) is 6.20 Å². The summed E-state index contributed by atoms with van der Waals surface area (Å²) in [7, 11) is 0. The molecule has 2 aromatic heterocycles. The molecule has 0 N–H and O–H groups in total. The summed E-state index contributed by atoms with van der Waals surface area (Å²) >= 11 is 5.84. The van der Waals surface area contributed by atoms with Gasteiger partial charge in [0.05, 0.1) is 11.3 Å². The summed E-state index contributed by atoms with van der Waals surface area (Å²) in [5.41, 5.74) is 2.35. The molecule has 19 heavy (non-hydrogen) atoms. The molecule has 2 rings (SSSR count). The molecule has 100 valence electrons. The van der Waals surface area contributed by atoms with E-state index < -0.39 is 5.95 Å². The van der Waals surface area contributed by atoms with E-state index in [0.29, 0.717) is 11.3 Å². The molecule has 0 aromatic carbocycles. The summed E-state index contributed by atoms with van der Waals surface area (Å²) in [5, 5.41) is 0.101. The zero-order valence-corrected chi connectivity index (χ0v) is 12.1. The zero-order valence-electron chi connectivity index (χ0n) is 11.3. The van der Waals surface area contributed by atoms with Crippen LogP contribution in [0.5, 0.6) is 0 Å². The smallest absolute Gasteiger partial charge is 0.222 e. The molecule has 0 spiro atoms. The van der Waals surface area contributed by atoms with E-state index in [2.05, 4.69) is 15.0 Å². The third-order valence-corrected chi connectivity index (χ3v) is 2.98. The van der Waals surface area contributed by atoms with Gasteiger partial charge in [-0.2, -0.15) is 4.39 Å². The van der Waals surface area contributed by atoms with E-state index in [0.717, 1.165) is 11.1 Å². The number of pyridine rings is 1. The van der Waals surface area contributed by atoms with Crippen LogP contribution in [-0.2, 0) is 5.41 Å². The number of hydrogen-bond donors (Lipinski definition) is 0. The Labute approximate surface area is 116 Å². The topological polar surface area (TPSA) is 38.7 Å². The lowest BCUT2D eigenvalue weighted by Gasteiger charge is -2.21. The van der Waals surface area contributed by atoms with Crippen LogP contribution in [0.3, 0.4) is 0 Å². The summed E-state index contributed by atoms with van der Waals surface area (Å²) in [6, 6.07) is 1.72. The molecule has 0 amide bonds. The predicted molar refractivity (Wildman–Crippen MR) is 73.7 cm³/mol. The van der Waals surface area contributed by atoms with Gasteiger partial charge in [0.1, 0.15) is 0 Å². The lowest BCUT2D eigenvalue weighted by molar-refractivity contribution is 0.575. The van der Waals surface area contributed by atoms with Crippen LogP contribution in [0.2, 0.25) is 5.28 Å². The van der Waals surface area contributed by atoms with Crippen molar-refractivity contribution in [2.24, 2.45) is 0 Å². The van der Waals surface area contributed by atoms with Gasteiger partial charge in [0.25, 0.3) is 0 Å². The Morgan fingerprint density at radius 2 is 1.84 bits per heavy atom. The summed E-state index contributed by atoms with van der Waals surface area (Å²) in [4.78, 5) is 11.9. The van der Waals surface area contributed by atoms with Crippen molar-refractivity contribution >= 4 is 11.6 Å². The van der Waals surface area contributed by atoms with E-state index in [1.54, 1.807) is 12.3 Å². The first-order valence-corrected chi connectivity index (χ1v) is 6.32. The van der Waals surface area contributed by atoms with Crippen molar-refractivity contribution in [3.63, 3.8) is 0 Å². The number of aryl methyl sites for hydroxylation is 1. The number of rotatable bonds is 1. The molecule has 0 fully saturated rings. The minimum Gasteiger partial charge on any atom is -0.227 e. The maximum absolute atomic E-state index is 13.9. The molecule has 0 aliphatic rings. The number of halogens is 2. The van der Waals surface area contributed by atoms with Gasteiger partial charge in [0, 0.05) is 18.0 Å². The van der Waals surface area contributed by atoms with Gasteiger partial charge in [-0.05, 0) is 35.6 Å². The Kier molecular flexibility index (Phi) is 3.54. The highest BCUT2D eigenvalue weighted by atomic mass is 35.5. The van der Waals surface area contributed by atoms with E-state index >= 15 is 0 Å². The van der Waals surface area contributed by atoms with Crippen LogP contribution in [0.4, 0.5) is 4.39 Å². The fourth-order valence-electron chi connectivity index (χ4n) is 1.83. The molecule has 2 heterocycles. The number of hydrogen-bond acceptors (Lipinski definition) is 3. The van der Waals surface area contributed by atoms with E-state index in [4.69, 9.17) is 11.6 Å². The SMILES string of the molecule is Cc1cnc(F)c(-c2nc(Cl)ncc2C(C)(C)C)c1. The Balaban J connectivity index is 2.73. The van der Waals surface area contributed by atoms with Crippen molar-refractivity contribution in [2.45, 2.75) is 33.1 Å². The largest absolute Gasteiger partial charge is 0.227 e. The van der Waals surface area contributed by atoms with Gasteiger partial charge in [-0.3, -0.25) is 0 Å².